The summed E-state index contributed by atoms with van der Waals surface area (Å²) in [5.74, 6) is -0.262. The van der Waals surface area contributed by atoms with Crippen molar-refractivity contribution in [2.45, 2.75) is 12.5 Å². The monoisotopic (exact) mass is 249 g/mol. The number of amides is 3. The summed E-state index contributed by atoms with van der Waals surface area (Å²) in [5.41, 5.74) is 6.67. The van der Waals surface area contributed by atoms with Gasteiger partial charge in [-0.25, -0.2) is 9.69 Å². The minimum Gasteiger partial charge on any atom is -0.399 e. The van der Waals surface area contributed by atoms with Crippen molar-refractivity contribution in [1.82, 2.24) is 5.32 Å². The third kappa shape index (κ3) is 2.28. The van der Waals surface area contributed by atoms with E-state index in [2.05, 4.69) is 5.32 Å². The zero-order valence-electron chi connectivity index (χ0n) is 10.1. The van der Waals surface area contributed by atoms with E-state index in [4.69, 9.17) is 10.5 Å². The number of carbonyl (C=O) groups is 2. The van der Waals surface area contributed by atoms with Crippen LogP contribution >= 0.6 is 0 Å². The second kappa shape index (κ2) is 5.05. The second-order valence-corrected chi connectivity index (χ2v) is 4.05. The normalized spacial score (nSPS) is 19.2. The maximum atomic E-state index is 12.1. The third-order valence-electron chi connectivity index (χ3n) is 2.78. The van der Waals surface area contributed by atoms with E-state index in [1.807, 2.05) is 0 Å². The Morgan fingerprint density at radius 1 is 1.33 bits per heavy atom. The summed E-state index contributed by atoms with van der Waals surface area (Å²) < 4.78 is 4.91. The summed E-state index contributed by atoms with van der Waals surface area (Å²) in [6.45, 7) is 0.423. The summed E-state index contributed by atoms with van der Waals surface area (Å²) in [6, 6.07) is 5.66. The van der Waals surface area contributed by atoms with Gasteiger partial charge in [-0.2, -0.15) is 0 Å². The molecule has 1 aliphatic rings. The Morgan fingerprint density at radius 3 is 2.61 bits per heavy atom. The number of urea groups is 1. The number of ether oxygens (including phenoxy) is 1. The van der Waals surface area contributed by atoms with Crippen molar-refractivity contribution in [1.29, 1.82) is 0 Å². The van der Waals surface area contributed by atoms with E-state index in [1.54, 1.807) is 31.4 Å². The van der Waals surface area contributed by atoms with Gasteiger partial charge < -0.3 is 15.8 Å². The van der Waals surface area contributed by atoms with Gasteiger partial charge in [0.2, 0.25) is 0 Å². The van der Waals surface area contributed by atoms with Gasteiger partial charge in [0, 0.05) is 25.8 Å². The summed E-state index contributed by atoms with van der Waals surface area (Å²) in [6.07, 6.45) is 0.465. The van der Waals surface area contributed by atoms with Gasteiger partial charge in [0.05, 0.1) is 5.69 Å². The van der Waals surface area contributed by atoms with Gasteiger partial charge in [0.1, 0.15) is 6.04 Å². The fourth-order valence-electron chi connectivity index (χ4n) is 1.83. The van der Waals surface area contributed by atoms with Gasteiger partial charge in [-0.3, -0.25) is 4.79 Å². The van der Waals surface area contributed by atoms with Gasteiger partial charge in [0.25, 0.3) is 5.91 Å². The van der Waals surface area contributed by atoms with Gasteiger partial charge in [-0.05, 0) is 24.3 Å². The Hall–Kier alpha value is -2.08. The Labute approximate surface area is 105 Å². The van der Waals surface area contributed by atoms with Crippen LogP contribution in [0.2, 0.25) is 0 Å². The van der Waals surface area contributed by atoms with Crippen molar-refractivity contribution in [2.75, 3.05) is 24.4 Å². The van der Waals surface area contributed by atoms with Gasteiger partial charge in [0.15, 0.2) is 0 Å². The average Bonchev–Trinajstić information content (AvgIpc) is 2.63. The Kier molecular flexibility index (Phi) is 3.47. The number of methoxy groups -OCH3 is 1. The molecule has 1 aromatic carbocycles. The molecule has 3 N–H and O–H groups in total. The van der Waals surface area contributed by atoms with Crippen LogP contribution in [0.4, 0.5) is 16.2 Å². The predicted molar refractivity (Wildman–Crippen MR) is 67.2 cm³/mol. The first-order valence-electron chi connectivity index (χ1n) is 5.62. The van der Waals surface area contributed by atoms with Gasteiger partial charge >= 0.3 is 6.03 Å². The van der Waals surface area contributed by atoms with E-state index in [-0.39, 0.29) is 5.91 Å². The number of nitrogen functional groups attached to an aromatic ring is 1. The van der Waals surface area contributed by atoms with Crippen molar-refractivity contribution < 1.29 is 14.3 Å². The molecule has 1 atom stereocenters. The molecule has 1 unspecified atom stereocenters. The molecule has 0 radical (unpaired) electrons. The number of carbonyl (C=O) groups excluding carboxylic acids is 2. The first-order valence-corrected chi connectivity index (χ1v) is 5.62. The highest BCUT2D eigenvalue weighted by atomic mass is 16.5. The number of nitrogens with one attached hydrogen (secondary N) is 1. The highest BCUT2D eigenvalue weighted by Crippen LogP contribution is 2.21. The summed E-state index contributed by atoms with van der Waals surface area (Å²) in [5, 5.41) is 2.63. The zero-order chi connectivity index (χ0) is 13.1. The number of imide groups is 1. The van der Waals surface area contributed by atoms with Crippen LogP contribution in [0.15, 0.2) is 24.3 Å². The molecule has 1 fully saturated rings. The standard InChI is InChI=1S/C12H15N3O3/c1-18-7-6-10-11(16)15(12(17)14-10)9-4-2-8(13)3-5-9/h2-5,10H,6-7,13H2,1H3,(H,14,17). The molecular weight excluding hydrogens is 234 g/mol. The molecular formula is C12H15N3O3. The largest absolute Gasteiger partial charge is 0.399 e. The van der Waals surface area contributed by atoms with E-state index in [0.717, 1.165) is 4.90 Å². The molecule has 1 heterocycles. The zero-order valence-corrected chi connectivity index (χ0v) is 10.1. The van der Waals surface area contributed by atoms with Crippen LogP contribution in [0.5, 0.6) is 0 Å². The van der Waals surface area contributed by atoms with E-state index in [9.17, 15) is 9.59 Å². The van der Waals surface area contributed by atoms with Crippen LogP contribution < -0.4 is 16.0 Å². The summed E-state index contributed by atoms with van der Waals surface area (Å²) >= 11 is 0. The van der Waals surface area contributed by atoms with Crippen molar-refractivity contribution in [3.05, 3.63) is 24.3 Å². The molecule has 6 nitrogen and oxygen atoms in total. The molecule has 3 amide bonds. The maximum absolute atomic E-state index is 12.1. The molecule has 0 saturated carbocycles. The first-order chi connectivity index (χ1) is 8.63. The van der Waals surface area contributed by atoms with E-state index < -0.39 is 12.1 Å². The highest BCUT2D eigenvalue weighted by Gasteiger charge is 2.38. The lowest BCUT2D eigenvalue weighted by atomic mass is 10.2. The lowest BCUT2D eigenvalue weighted by molar-refractivity contribution is -0.118. The summed E-state index contributed by atoms with van der Waals surface area (Å²) in [4.78, 5) is 25.0. The number of nitrogens with two attached hydrogens (primary N) is 1. The lowest BCUT2D eigenvalue weighted by Crippen LogP contribution is -2.31. The molecule has 0 aliphatic carbocycles. The molecule has 18 heavy (non-hydrogen) atoms. The topological polar surface area (TPSA) is 84.7 Å². The second-order valence-electron chi connectivity index (χ2n) is 4.05. The lowest BCUT2D eigenvalue weighted by Gasteiger charge is -2.13. The fourth-order valence-corrected chi connectivity index (χ4v) is 1.83. The number of benzene rings is 1. The van der Waals surface area contributed by atoms with Crippen molar-refractivity contribution >= 4 is 23.3 Å². The van der Waals surface area contributed by atoms with Crippen molar-refractivity contribution in [3.8, 4) is 0 Å². The van der Waals surface area contributed by atoms with Crippen LogP contribution in [0.3, 0.4) is 0 Å². The quantitative estimate of drug-likeness (QED) is 0.608. The molecule has 96 valence electrons. The first kappa shape index (κ1) is 12.4. The molecule has 0 bridgehead atoms. The van der Waals surface area contributed by atoms with E-state index >= 15 is 0 Å². The fraction of sp³-hybridized carbons (Fsp3) is 0.333. The molecule has 0 aromatic heterocycles. The van der Waals surface area contributed by atoms with E-state index in [0.29, 0.717) is 24.4 Å². The number of hydrogen-bond acceptors (Lipinski definition) is 4. The minimum atomic E-state index is -0.519. The van der Waals surface area contributed by atoms with Gasteiger partial charge in [-0.1, -0.05) is 0 Å². The molecule has 0 spiro atoms. The van der Waals surface area contributed by atoms with Gasteiger partial charge in [-0.15, -0.1) is 0 Å². The molecule has 6 heteroatoms. The number of hydrogen-bond donors (Lipinski definition) is 2. The number of nitrogens with zero attached hydrogens (tertiary/aromatic N) is 1. The van der Waals surface area contributed by atoms with Crippen LogP contribution in [-0.2, 0) is 9.53 Å². The minimum absolute atomic E-state index is 0.262. The van der Waals surface area contributed by atoms with Crippen molar-refractivity contribution in [2.24, 2.45) is 0 Å². The Morgan fingerprint density at radius 2 is 2.00 bits per heavy atom. The average molecular weight is 249 g/mol. The third-order valence-corrected chi connectivity index (χ3v) is 2.78. The smallest absolute Gasteiger partial charge is 0.329 e. The van der Waals surface area contributed by atoms with Crippen LogP contribution in [0.1, 0.15) is 6.42 Å². The number of anilines is 2. The maximum Gasteiger partial charge on any atom is 0.329 e. The number of rotatable bonds is 4. The van der Waals surface area contributed by atoms with E-state index in [1.165, 1.54) is 0 Å². The van der Waals surface area contributed by atoms with Crippen LogP contribution in [-0.4, -0.2) is 31.7 Å². The SMILES string of the molecule is COCCC1NC(=O)N(c2ccc(N)cc2)C1=O. The van der Waals surface area contributed by atoms with Crippen LogP contribution in [0, 0.1) is 0 Å². The highest BCUT2D eigenvalue weighted by molar-refractivity contribution is 6.21. The predicted octanol–water partition coefficient (Wildman–Crippen LogP) is 0.730. The summed E-state index contributed by atoms with van der Waals surface area (Å²) in [7, 11) is 1.55. The molecule has 1 saturated heterocycles. The van der Waals surface area contributed by atoms with Crippen molar-refractivity contribution in [3.63, 3.8) is 0 Å². The molecule has 2 rings (SSSR count). The molecule has 1 aliphatic heterocycles. The van der Waals surface area contributed by atoms with Crippen LogP contribution in [0.25, 0.3) is 0 Å². The Bertz CT molecular complexity index is 458. The Balaban J connectivity index is 2.16. The molecule has 1 aromatic rings.